The number of nitrogens with one attached hydrogen (secondary N) is 1. The summed E-state index contributed by atoms with van der Waals surface area (Å²) in [5.41, 5.74) is 0.864. The molecule has 0 aliphatic carbocycles. The molecule has 2 N–H and O–H groups in total. The minimum Gasteiger partial charge on any atom is -0.481 e. The number of benzene rings is 1. The van der Waals surface area contributed by atoms with Crippen LogP contribution in [0.2, 0.25) is 0 Å². The van der Waals surface area contributed by atoms with Gasteiger partial charge in [-0.05, 0) is 0 Å². The van der Waals surface area contributed by atoms with E-state index in [4.69, 9.17) is 5.11 Å². The average Bonchev–Trinajstić information content (AvgIpc) is 2.39. The van der Waals surface area contributed by atoms with Crippen LogP contribution in [0.1, 0.15) is 26.3 Å². The zero-order valence-electron chi connectivity index (χ0n) is 12.6. The Morgan fingerprint density at radius 2 is 2.00 bits per heavy atom. The maximum Gasteiger partial charge on any atom is 2.00 e. The molecule has 0 aromatic heterocycles. The Labute approximate surface area is 145 Å². The van der Waals surface area contributed by atoms with Crippen molar-refractivity contribution in [2.75, 3.05) is 6.54 Å². The van der Waals surface area contributed by atoms with Gasteiger partial charge in [0.2, 0.25) is 5.91 Å². The minimum absolute atomic E-state index is 0. The molecule has 1 atom stereocenters. The van der Waals surface area contributed by atoms with Gasteiger partial charge in [-0.2, -0.15) is 30.3 Å². The Hall–Kier alpha value is -0.788. The van der Waals surface area contributed by atoms with Gasteiger partial charge < -0.3 is 17.8 Å². The van der Waals surface area contributed by atoms with Crippen molar-refractivity contribution in [2.45, 2.75) is 27.2 Å². The van der Waals surface area contributed by atoms with Gasteiger partial charge in [-0.15, -0.1) is 5.56 Å². The molecule has 1 aromatic rings. The summed E-state index contributed by atoms with van der Waals surface area (Å²) >= 11 is 0. The van der Waals surface area contributed by atoms with Crippen LogP contribution in [0.15, 0.2) is 24.3 Å². The zero-order valence-corrected chi connectivity index (χ0v) is 16.7. The number of carboxylic acid groups (broad SMARTS) is 1. The van der Waals surface area contributed by atoms with E-state index in [0.717, 1.165) is 5.56 Å². The molecule has 20 heavy (non-hydrogen) atoms. The number of carbonyl (C=O) groups is 2. The molecule has 1 rings (SSSR count). The van der Waals surface area contributed by atoms with Crippen molar-refractivity contribution in [2.24, 2.45) is 5.92 Å². The Kier molecular flexibility index (Phi) is 17.7. The fraction of sp³-hybridized carbons (Fsp3) is 0.400. The summed E-state index contributed by atoms with van der Waals surface area (Å²) in [4.78, 5) is 21.9. The van der Waals surface area contributed by atoms with Gasteiger partial charge in [-0.3, -0.25) is 9.59 Å². The Morgan fingerprint density at radius 3 is 2.45 bits per heavy atom. The molecule has 0 aliphatic rings. The summed E-state index contributed by atoms with van der Waals surface area (Å²) in [6.45, 7) is 5.71. The molecule has 0 fully saturated rings. The molecule has 0 spiro atoms. The van der Waals surface area contributed by atoms with Gasteiger partial charge in [0.25, 0.3) is 0 Å². The first-order chi connectivity index (χ1) is 8.59. The first-order valence-electron chi connectivity index (χ1n) is 6.04. The van der Waals surface area contributed by atoms with Crippen LogP contribution in [-0.2, 0) is 16.0 Å². The van der Waals surface area contributed by atoms with Gasteiger partial charge >= 0.3 is 37.1 Å². The third-order valence-corrected chi connectivity index (χ3v) is 2.16. The van der Waals surface area contributed by atoms with Gasteiger partial charge in [0.1, 0.15) is 0 Å². The zero-order chi connectivity index (χ0) is 14.0. The molecule has 4 nitrogen and oxygen atoms in total. The number of aliphatic carboxylic acids is 1. The predicted molar refractivity (Wildman–Crippen MR) is 76.6 cm³/mol. The first kappa shape index (κ1) is 24.2. The van der Waals surface area contributed by atoms with E-state index in [1.54, 1.807) is 19.1 Å². The quantitative estimate of drug-likeness (QED) is 0.607. The summed E-state index contributed by atoms with van der Waals surface area (Å²) in [6, 6.07) is 10.0. The van der Waals surface area contributed by atoms with Crippen molar-refractivity contribution >= 4 is 11.9 Å². The first-order valence-corrected chi connectivity index (χ1v) is 6.04. The maximum atomic E-state index is 11.4. The van der Waals surface area contributed by atoms with Crippen molar-refractivity contribution in [3.63, 3.8) is 0 Å². The van der Waals surface area contributed by atoms with E-state index in [1.165, 1.54) is 0 Å². The Morgan fingerprint density at radius 1 is 1.40 bits per heavy atom. The molecular weight excluding hydrogens is 480 g/mol. The number of hydrogen-bond donors (Lipinski definition) is 2. The monoisotopic (exact) mass is 503 g/mol. The van der Waals surface area contributed by atoms with Crippen molar-refractivity contribution in [1.29, 1.82) is 0 Å². The summed E-state index contributed by atoms with van der Waals surface area (Å²) in [7, 11) is 0. The molecule has 0 saturated heterocycles. The smallest absolute Gasteiger partial charge is 0.481 e. The van der Waals surface area contributed by atoms with Crippen LogP contribution in [0, 0.1) is 50.5 Å². The molecule has 0 bridgehead atoms. The van der Waals surface area contributed by atoms with Gasteiger partial charge in [0, 0.05) is 13.0 Å². The second-order valence-electron chi connectivity index (χ2n) is 3.63. The fourth-order valence-corrected chi connectivity index (χ4v) is 1.14. The standard InChI is InChI=1S/C12H14NO3.C2H6.CH3.U/c1-9(12(15)16)8-13-11(14)7-10-5-3-2-4-6-10;1-2;;/h2-3,5-6,9H,7-8H2,1H3,(H,13,14)(H,15,16);1-2H3;1H3;/q-1;;-1;+2. The van der Waals surface area contributed by atoms with Gasteiger partial charge in [-0.25, -0.2) is 0 Å². The van der Waals surface area contributed by atoms with Crippen LogP contribution in [0.5, 0.6) is 0 Å². The van der Waals surface area contributed by atoms with Crippen LogP contribution in [-0.4, -0.2) is 23.5 Å². The maximum absolute atomic E-state index is 11.4. The Balaban J connectivity index is -0.000000689. The van der Waals surface area contributed by atoms with Crippen molar-refractivity contribution in [1.82, 2.24) is 5.32 Å². The summed E-state index contributed by atoms with van der Waals surface area (Å²) in [5.74, 6) is -1.65. The van der Waals surface area contributed by atoms with E-state index in [0.29, 0.717) is 0 Å². The normalized spacial score (nSPS) is 9.75. The number of amides is 1. The molecule has 1 amide bonds. The molecule has 0 radical (unpaired) electrons. The van der Waals surface area contributed by atoms with E-state index in [1.807, 2.05) is 26.0 Å². The predicted octanol–water partition coefficient (Wildman–Crippen LogP) is 2.34. The molecular formula is C15H23NO3U. The van der Waals surface area contributed by atoms with Gasteiger partial charge in [0.05, 0.1) is 5.92 Å². The fourth-order valence-electron chi connectivity index (χ4n) is 1.14. The number of carboxylic acids is 1. The molecule has 0 aliphatic heterocycles. The summed E-state index contributed by atoms with van der Waals surface area (Å²) in [5, 5.41) is 11.2. The van der Waals surface area contributed by atoms with E-state index in [-0.39, 0.29) is 57.4 Å². The molecule has 110 valence electrons. The molecule has 1 unspecified atom stereocenters. The van der Waals surface area contributed by atoms with Crippen molar-refractivity contribution in [3.05, 3.63) is 43.3 Å². The molecule has 5 heteroatoms. The largest absolute Gasteiger partial charge is 2.00 e. The van der Waals surface area contributed by atoms with Crippen LogP contribution in [0.4, 0.5) is 0 Å². The molecule has 1 aromatic carbocycles. The number of carbonyl (C=O) groups excluding carboxylic acids is 1. The SMILES string of the molecule is CC.CC(CNC(=O)Cc1c[c-]ccc1)C(=O)O.[CH3-].[U+2]. The van der Waals surface area contributed by atoms with Crippen LogP contribution in [0.25, 0.3) is 0 Å². The van der Waals surface area contributed by atoms with Crippen molar-refractivity contribution < 1.29 is 45.8 Å². The Bertz CT molecular complexity index is 369. The van der Waals surface area contributed by atoms with E-state index >= 15 is 0 Å². The third kappa shape index (κ3) is 11.1. The average molecular weight is 503 g/mol. The van der Waals surface area contributed by atoms with E-state index in [9.17, 15) is 9.59 Å². The van der Waals surface area contributed by atoms with E-state index < -0.39 is 11.9 Å². The van der Waals surface area contributed by atoms with Gasteiger partial charge in [-0.1, -0.05) is 20.8 Å². The molecule has 0 saturated carbocycles. The van der Waals surface area contributed by atoms with Crippen molar-refractivity contribution in [3.8, 4) is 0 Å². The van der Waals surface area contributed by atoms with Crippen LogP contribution < -0.4 is 5.32 Å². The van der Waals surface area contributed by atoms with Crippen LogP contribution in [0.3, 0.4) is 0 Å². The second-order valence-corrected chi connectivity index (χ2v) is 3.63. The third-order valence-electron chi connectivity index (χ3n) is 2.16. The number of rotatable bonds is 5. The second kappa shape index (κ2) is 14.6. The minimum atomic E-state index is -0.909. The topological polar surface area (TPSA) is 66.4 Å². The van der Waals surface area contributed by atoms with E-state index in [2.05, 4.69) is 11.4 Å². The van der Waals surface area contributed by atoms with Crippen LogP contribution >= 0.6 is 0 Å². The molecule has 0 heterocycles. The summed E-state index contributed by atoms with van der Waals surface area (Å²) in [6.07, 6.45) is 0.254. The summed E-state index contributed by atoms with van der Waals surface area (Å²) < 4.78 is 0. The van der Waals surface area contributed by atoms with Gasteiger partial charge in [0.15, 0.2) is 0 Å². The number of hydrogen-bond acceptors (Lipinski definition) is 2.